The minimum atomic E-state index is -1.03. The van der Waals surface area contributed by atoms with Gasteiger partial charge in [0.15, 0.2) is 0 Å². The number of hydrogen-bond acceptors (Lipinski definition) is 6. The van der Waals surface area contributed by atoms with Crippen LogP contribution < -0.4 is 10.6 Å². The second-order valence-electron chi connectivity index (χ2n) is 7.99. The largest absolute Gasteiger partial charge is 0.478 e. The zero-order valence-electron chi connectivity index (χ0n) is 17.8. The molecule has 168 valence electrons. The van der Waals surface area contributed by atoms with Crippen molar-refractivity contribution in [3.63, 3.8) is 0 Å². The smallest absolute Gasteiger partial charge is 0.335 e. The predicted octanol–water partition coefficient (Wildman–Crippen LogP) is 4.21. The number of ether oxygens (including phenoxy) is 1. The van der Waals surface area contributed by atoms with Gasteiger partial charge in [0, 0.05) is 47.5 Å². The van der Waals surface area contributed by atoms with Gasteiger partial charge in [-0.15, -0.1) is 0 Å². The van der Waals surface area contributed by atoms with E-state index in [1.807, 2.05) is 29.0 Å². The Labute approximate surface area is 195 Å². The van der Waals surface area contributed by atoms with Gasteiger partial charge in [0.1, 0.15) is 0 Å². The van der Waals surface area contributed by atoms with E-state index in [-0.39, 0.29) is 11.5 Å². The molecule has 0 saturated carbocycles. The molecule has 7 nitrogen and oxygen atoms in total. The Morgan fingerprint density at radius 3 is 2.58 bits per heavy atom. The molecule has 8 heteroatoms. The number of fused-ring (bicyclic) bond motifs is 1. The number of carboxylic acid groups (broad SMARTS) is 1. The van der Waals surface area contributed by atoms with Gasteiger partial charge in [-0.05, 0) is 47.3 Å². The summed E-state index contributed by atoms with van der Waals surface area (Å²) in [7, 11) is 0. The van der Waals surface area contributed by atoms with E-state index < -0.39 is 5.97 Å². The van der Waals surface area contributed by atoms with Crippen LogP contribution in [0.15, 0.2) is 59.3 Å². The highest BCUT2D eigenvalue weighted by molar-refractivity contribution is 7.08. The first-order valence-electron chi connectivity index (χ1n) is 10.7. The molecule has 2 aromatic carbocycles. The molecule has 3 N–H and O–H groups in total. The average molecular weight is 462 g/mol. The molecular formula is C25H23N3O4S. The first-order chi connectivity index (χ1) is 16.1. The fourth-order valence-electron chi connectivity index (χ4n) is 4.09. The van der Waals surface area contributed by atoms with E-state index >= 15 is 0 Å². The summed E-state index contributed by atoms with van der Waals surface area (Å²) in [6, 6.07) is 14.8. The second-order valence-corrected chi connectivity index (χ2v) is 8.77. The van der Waals surface area contributed by atoms with Gasteiger partial charge in [-0.2, -0.15) is 11.3 Å². The summed E-state index contributed by atoms with van der Waals surface area (Å²) in [5.74, 6) is -1.29. The molecule has 3 aromatic rings. The lowest BCUT2D eigenvalue weighted by Crippen LogP contribution is -2.35. The van der Waals surface area contributed by atoms with Crippen molar-refractivity contribution < 1.29 is 19.4 Å². The van der Waals surface area contributed by atoms with Crippen LogP contribution in [0.3, 0.4) is 0 Å². The normalized spacial score (nSPS) is 17.4. The fraction of sp³-hybridized carbons (Fsp3) is 0.200. The molecule has 0 radical (unpaired) electrons. The molecule has 3 heterocycles. The number of aromatic carboxylic acids is 1. The van der Waals surface area contributed by atoms with Crippen LogP contribution in [0.5, 0.6) is 0 Å². The van der Waals surface area contributed by atoms with Gasteiger partial charge >= 0.3 is 5.97 Å². The molecule has 33 heavy (non-hydrogen) atoms. The topological polar surface area (TPSA) is 90.9 Å². The van der Waals surface area contributed by atoms with Crippen LogP contribution in [0.4, 0.5) is 11.4 Å². The molecule has 1 aromatic heterocycles. The van der Waals surface area contributed by atoms with Gasteiger partial charge in [-0.3, -0.25) is 9.69 Å². The number of nitrogens with one attached hydrogen (secondary N) is 2. The van der Waals surface area contributed by atoms with Crippen LogP contribution in [0.2, 0.25) is 0 Å². The lowest BCUT2D eigenvalue weighted by molar-refractivity contribution is -0.110. The lowest BCUT2D eigenvalue weighted by Gasteiger charge is -2.26. The number of amides is 1. The number of carbonyl (C=O) groups is 2. The summed E-state index contributed by atoms with van der Waals surface area (Å²) in [6.07, 6.45) is 0. The van der Waals surface area contributed by atoms with Crippen molar-refractivity contribution >= 4 is 45.9 Å². The van der Waals surface area contributed by atoms with Gasteiger partial charge in [-0.25, -0.2) is 4.79 Å². The van der Waals surface area contributed by atoms with Crippen molar-refractivity contribution in [2.45, 2.75) is 6.54 Å². The second kappa shape index (κ2) is 9.19. The number of anilines is 2. The monoisotopic (exact) mass is 461 g/mol. The van der Waals surface area contributed by atoms with E-state index in [0.717, 1.165) is 44.1 Å². The molecular weight excluding hydrogens is 438 g/mol. The SMILES string of the molecule is O=C1Nc2ccc(C(=O)O)cc2/C1=C(/Nc1ccc(CN2CCOCC2)cc1)c1ccsc1. The molecule has 0 unspecified atom stereocenters. The van der Waals surface area contributed by atoms with Crippen LogP contribution in [0, 0.1) is 0 Å². The summed E-state index contributed by atoms with van der Waals surface area (Å²) >= 11 is 1.53. The molecule has 0 atom stereocenters. The molecule has 2 aliphatic rings. The van der Waals surface area contributed by atoms with Gasteiger partial charge in [-0.1, -0.05) is 12.1 Å². The number of rotatable bonds is 6. The third-order valence-corrected chi connectivity index (χ3v) is 6.49. The highest BCUT2D eigenvalue weighted by atomic mass is 32.1. The van der Waals surface area contributed by atoms with E-state index in [2.05, 4.69) is 27.7 Å². The third kappa shape index (κ3) is 4.54. The van der Waals surface area contributed by atoms with Gasteiger partial charge in [0.25, 0.3) is 5.91 Å². The van der Waals surface area contributed by atoms with Crippen LogP contribution in [-0.4, -0.2) is 48.2 Å². The van der Waals surface area contributed by atoms with Gasteiger partial charge in [0.05, 0.1) is 30.0 Å². The van der Waals surface area contributed by atoms with Gasteiger partial charge < -0.3 is 20.5 Å². The Kier molecular flexibility index (Phi) is 5.95. The molecule has 1 saturated heterocycles. The number of benzene rings is 2. The van der Waals surface area contributed by atoms with Crippen molar-refractivity contribution in [1.29, 1.82) is 0 Å². The van der Waals surface area contributed by atoms with Crippen molar-refractivity contribution in [2.24, 2.45) is 0 Å². The molecule has 2 aliphatic heterocycles. The number of hydrogen-bond donors (Lipinski definition) is 3. The number of carbonyl (C=O) groups excluding carboxylic acids is 1. The van der Waals surface area contributed by atoms with Crippen molar-refractivity contribution in [2.75, 3.05) is 36.9 Å². The first-order valence-corrected chi connectivity index (χ1v) is 11.6. The van der Waals surface area contributed by atoms with E-state index in [9.17, 15) is 14.7 Å². The molecule has 0 bridgehead atoms. The van der Waals surface area contributed by atoms with Crippen molar-refractivity contribution in [3.8, 4) is 0 Å². The number of carboxylic acids is 1. The zero-order valence-corrected chi connectivity index (χ0v) is 18.7. The summed E-state index contributed by atoms with van der Waals surface area (Å²) in [5.41, 5.74) is 5.34. The molecule has 0 spiro atoms. The molecule has 1 amide bonds. The van der Waals surface area contributed by atoms with Crippen LogP contribution in [-0.2, 0) is 16.1 Å². The summed E-state index contributed by atoms with van der Waals surface area (Å²) in [4.78, 5) is 26.8. The Morgan fingerprint density at radius 2 is 1.88 bits per heavy atom. The quantitative estimate of drug-likeness (QED) is 0.477. The van der Waals surface area contributed by atoms with Crippen LogP contribution in [0.1, 0.15) is 27.0 Å². The maximum absolute atomic E-state index is 12.9. The van der Waals surface area contributed by atoms with Crippen molar-refractivity contribution in [1.82, 2.24) is 4.90 Å². The minimum Gasteiger partial charge on any atom is -0.478 e. The summed E-state index contributed by atoms with van der Waals surface area (Å²) in [6.45, 7) is 4.27. The highest BCUT2D eigenvalue weighted by Gasteiger charge is 2.29. The Bertz CT molecular complexity index is 1210. The van der Waals surface area contributed by atoms with Crippen molar-refractivity contribution in [3.05, 3.63) is 81.5 Å². The Morgan fingerprint density at radius 1 is 1.09 bits per heavy atom. The molecule has 0 aliphatic carbocycles. The molecule has 1 fully saturated rings. The maximum Gasteiger partial charge on any atom is 0.335 e. The van der Waals surface area contributed by atoms with E-state index in [1.165, 1.54) is 23.0 Å². The van der Waals surface area contributed by atoms with Crippen LogP contribution in [0.25, 0.3) is 11.3 Å². The Balaban J connectivity index is 1.48. The predicted molar refractivity (Wildman–Crippen MR) is 129 cm³/mol. The maximum atomic E-state index is 12.9. The summed E-state index contributed by atoms with van der Waals surface area (Å²) in [5, 5.41) is 19.6. The fourth-order valence-corrected chi connectivity index (χ4v) is 4.74. The number of nitrogens with zero attached hydrogens (tertiary/aromatic N) is 1. The molecule has 5 rings (SSSR count). The summed E-state index contributed by atoms with van der Waals surface area (Å²) < 4.78 is 5.42. The zero-order chi connectivity index (χ0) is 22.8. The average Bonchev–Trinajstić information content (AvgIpc) is 3.46. The van der Waals surface area contributed by atoms with E-state index in [1.54, 1.807) is 12.1 Å². The van der Waals surface area contributed by atoms with Gasteiger partial charge in [0.2, 0.25) is 0 Å². The first kappa shape index (κ1) is 21.4. The van der Waals surface area contributed by atoms with E-state index in [0.29, 0.717) is 22.5 Å². The number of thiophene rings is 1. The minimum absolute atomic E-state index is 0.139. The van der Waals surface area contributed by atoms with E-state index in [4.69, 9.17) is 4.74 Å². The Hall–Kier alpha value is -3.46. The highest BCUT2D eigenvalue weighted by Crippen LogP contribution is 2.38. The van der Waals surface area contributed by atoms with Crippen LogP contribution >= 0.6 is 11.3 Å². The number of morpholine rings is 1. The third-order valence-electron chi connectivity index (χ3n) is 5.80. The lowest BCUT2D eigenvalue weighted by atomic mass is 9.99. The standard InChI is InChI=1S/C25H23N3O4S/c29-24-22(20-13-17(25(30)31)3-6-21(20)27-24)23(18-7-12-33-15-18)26-19-4-1-16(2-5-19)14-28-8-10-32-11-9-28/h1-7,12-13,15,26H,8-11,14H2,(H,27,29)(H,30,31)/b23-22-.